The topological polar surface area (TPSA) is 119 Å². The van der Waals surface area contributed by atoms with Crippen molar-refractivity contribution >= 4 is 17.1 Å². The summed E-state index contributed by atoms with van der Waals surface area (Å²) < 4.78 is 11.4. The minimum atomic E-state index is -1.46. The number of H-pyrrole nitrogens is 1. The fourth-order valence-corrected chi connectivity index (χ4v) is 2.48. The van der Waals surface area contributed by atoms with Crippen molar-refractivity contribution in [3.8, 4) is 23.2 Å². The molecule has 0 saturated heterocycles. The number of hydrogen-bond acceptors (Lipinski definition) is 6. The molecule has 134 valence electrons. The molecule has 0 spiro atoms. The van der Waals surface area contributed by atoms with E-state index < -0.39 is 6.16 Å². The van der Waals surface area contributed by atoms with Crippen LogP contribution in [0.4, 0.5) is 4.79 Å². The Labute approximate surface area is 151 Å². The monoisotopic (exact) mass is 364 g/mol. The number of nitrogens with zero attached hydrogens (tertiary/aromatic N) is 3. The summed E-state index contributed by atoms with van der Waals surface area (Å²) in [7, 11) is 0. The zero-order valence-electron chi connectivity index (χ0n) is 13.7. The third-order valence-corrected chi connectivity index (χ3v) is 3.62. The second-order valence-corrected chi connectivity index (χ2v) is 5.47. The normalized spacial score (nSPS) is 10.7. The van der Waals surface area contributed by atoms with Crippen LogP contribution in [0, 0.1) is 0 Å². The van der Waals surface area contributed by atoms with E-state index in [0.29, 0.717) is 22.4 Å². The third kappa shape index (κ3) is 3.47. The maximum atomic E-state index is 12.4. The van der Waals surface area contributed by atoms with E-state index in [1.165, 1.54) is 17.1 Å². The van der Waals surface area contributed by atoms with E-state index in [-0.39, 0.29) is 17.3 Å². The van der Waals surface area contributed by atoms with Gasteiger partial charge in [-0.2, -0.15) is 5.10 Å². The molecule has 0 aliphatic carbocycles. The van der Waals surface area contributed by atoms with Crippen molar-refractivity contribution in [2.75, 3.05) is 0 Å². The summed E-state index contributed by atoms with van der Waals surface area (Å²) in [5.74, 6) is 1.30. The largest absolute Gasteiger partial charge is 0.511 e. The summed E-state index contributed by atoms with van der Waals surface area (Å²) >= 11 is 0. The van der Waals surface area contributed by atoms with Crippen molar-refractivity contribution in [3.63, 3.8) is 0 Å². The maximum absolute atomic E-state index is 12.4. The van der Waals surface area contributed by atoms with Gasteiger partial charge >= 0.3 is 6.16 Å². The van der Waals surface area contributed by atoms with Crippen LogP contribution in [0.15, 0.2) is 65.7 Å². The Morgan fingerprint density at radius 3 is 2.67 bits per heavy atom. The molecule has 2 aromatic carbocycles. The highest BCUT2D eigenvalue weighted by Gasteiger charge is 2.10. The highest BCUT2D eigenvalue weighted by Crippen LogP contribution is 2.23. The van der Waals surface area contributed by atoms with Gasteiger partial charge in [0.15, 0.2) is 5.75 Å². The summed E-state index contributed by atoms with van der Waals surface area (Å²) in [5.41, 5.74) is 0.0510. The molecule has 0 aliphatic heterocycles. The van der Waals surface area contributed by atoms with Gasteiger partial charge in [-0.15, -0.1) is 0 Å². The molecule has 2 aromatic heterocycles. The average molecular weight is 364 g/mol. The minimum absolute atomic E-state index is 0.0110. The van der Waals surface area contributed by atoms with Crippen LogP contribution in [0.25, 0.3) is 16.9 Å². The zero-order chi connectivity index (χ0) is 18.8. The summed E-state index contributed by atoms with van der Waals surface area (Å²) in [6, 6.07) is 14.2. The summed E-state index contributed by atoms with van der Waals surface area (Å²) in [6.07, 6.45) is 1.04. The standard InChI is InChI=1S/C18H12N4O5/c23-16-14-8-12(26-11-4-2-1-3-5-11)6-7-15(14)20-17(21-16)22-10-13(9-19-22)27-18(24)25/h1-10H,(H,24,25)(H,20,21,23). The van der Waals surface area contributed by atoms with Gasteiger partial charge in [0, 0.05) is 0 Å². The molecule has 9 heteroatoms. The quantitative estimate of drug-likeness (QED) is 0.534. The number of para-hydroxylation sites is 1. The number of aromatic amines is 1. The van der Waals surface area contributed by atoms with E-state index in [4.69, 9.17) is 9.84 Å². The molecule has 0 amide bonds. The lowest BCUT2D eigenvalue weighted by Crippen LogP contribution is -2.13. The SMILES string of the molecule is O=C(O)Oc1cnn(-c2nc3ccc(Oc4ccccc4)cc3c(=O)[nH]2)c1. The molecule has 27 heavy (non-hydrogen) atoms. The van der Waals surface area contributed by atoms with Gasteiger partial charge in [-0.05, 0) is 30.3 Å². The molecule has 0 bridgehead atoms. The van der Waals surface area contributed by atoms with Gasteiger partial charge in [0.1, 0.15) is 11.5 Å². The third-order valence-electron chi connectivity index (χ3n) is 3.62. The number of rotatable bonds is 4. The van der Waals surface area contributed by atoms with Crippen molar-refractivity contribution < 1.29 is 19.4 Å². The molecule has 2 heterocycles. The fraction of sp³-hybridized carbons (Fsp3) is 0. The first-order chi connectivity index (χ1) is 13.1. The van der Waals surface area contributed by atoms with Crippen molar-refractivity contribution in [1.29, 1.82) is 0 Å². The Balaban J connectivity index is 1.68. The van der Waals surface area contributed by atoms with Gasteiger partial charge < -0.3 is 14.6 Å². The van der Waals surface area contributed by atoms with E-state index in [1.54, 1.807) is 18.2 Å². The molecule has 2 N–H and O–H groups in total. The number of hydrogen-bond donors (Lipinski definition) is 2. The Morgan fingerprint density at radius 1 is 1.07 bits per heavy atom. The lowest BCUT2D eigenvalue weighted by molar-refractivity contribution is 0.144. The molecular weight excluding hydrogens is 352 g/mol. The van der Waals surface area contributed by atoms with Crippen molar-refractivity contribution in [2.45, 2.75) is 0 Å². The number of ether oxygens (including phenoxy) is 2. The van der Waals surface area contributed by atoms with Crippen LogP contribution >= 0.6 is 0 Å². The lowest BCUT2D eigenvalue weighted by atomic mass is 10.2. The van der Waals surface area contributed by atoms with Gasteiger partial charge in [0.2, 0.25) is 5.95 Å². The number of nitrogens with one attached hydrogen (secondary N) is 1. The van der Waals surface area contributed by atoms with Gasteiger partial charge in [-0.3, -0.25) is 9.78 Å². The van der Waals surface area contributed by atoms with E-state index in [9.17, 15) is 9.59 Å². The van der Waals surface area contributed by atoms with E-state index in [2.05, 4.69) is 19.8 Å². The first-order valence-electron chi connectivity index (χ1n) is 7.81. The summed E-state index contributed by atoms with van der Waals surface area (Å²) in [6.45, 7) is 0. The summed E-state index contributed by atoms with van der Waals surface area (Å²) in [5, 5.41) is 12.9. The molecular formula is C18H12N4O5. The predicted molar refractivity (Wildman–Crippen MR) is 94.7 cm³/mol. The van der Waals surface area contributed by atoms with Gasteiger partial charge in [-0.25, -0.2) is 14.5 Å². The minimum Gasteiger partial charge on any atom is -0.457 e. The lowest BCUT2D eigenvalue weighted by Gasteiger charge is -2.07. The molecule has 4 rings (SSSR count). The van der Waals surface area contributed by atoms with E-state index in [0.717, 1.165) is 0 Å². The Hall–Kier alpha value is -4.14. The Morgan fingerprint density at radius 2 is 1.89 bits per heavy atom. The van der Waals surface area contributed by atoms with Gasteiger partial charge in [0.25, 0.3) is 5.56 Å². The van der Waals surface area contributed by atoms with Crippen LogP contribution in [0.3, 0.4) is 0 Å². The molecule has 9 nitrogen and oxygen atoms in total. The Kier molecular flexibility index (Phi) is 4.01. The van der Waals surface area contributed by atoms with E-state index >= 15 is 0 Å². The van der Waals surface area contributed by atoms with Crippen LogP contribution in [-0.2, 0) is 0 Å². The second-order valence-electron chi connectivity index (χ2n) is 5.47. The van der Waals surface area contributed by atoms with Crippen LogP contribution in [0.5, 0.6) is 17.2 Å². The van der Waals surface area contributed by atoms with Crippen LogP contribution < -0.4 is 15.0 Å². The summed E-state index contributed by atoms with van der Waals surface area (Å²) in [4.78, 5) is 29.9. The Bertz CT molecular complexity index is 1180. The van der Waals surface area contributed by atoms with Crippen molar-refractivity contribution in [1.82, 2.24) is 19.7 Å². The molecule has 0 saturated carbocycles. The predicted octanol–water partition coefficient (Wildman–Crippen LogP) is 2.96. The van der Waals surface area contributed by atoms with Crippen molar-refractivity contribution in [3.05, 3.63) is 71.3 Å². The highest BCUT2D eigenvalue weighted by molar-refractivity contribution is 5.79. The highest BCUT2D eigenvalue weighted by atomic mass is 16.7. The number of aromatic nitrogens is 4. The second kappa shape index (κ2) is 6.64. The average Bonchev–Trinajstić information content (AvgIpc) is 3.11. The number of carboxylic acid groups (broad SMARTS) is 1. The molecule has 4 aromatic rings. The van der Waals surface area contributed by atoms with Crippen molar-refractivity contribution in [2.24, 2.45) is 0 Å². The molecule has 0 aliphatic rings. The number of fused-ring (bicyclic) bond motifs is 1. The zero-order valence-corrected chi connectivity index (χ0v) is 13.7. The van der Waals surface area contributed by atoms with Crippen LogP contribution in [0.2, 0.25) is 0 Å². The first kappa shape index (κ1) is 16.3. The molecule has 0 fully saturated rings. The van der Waals surface area contributed by atoms with Crippen LogP contribution in [-0.4, -0.2) is 31.0 Å². The maximum Gasteiger partial charge on any atom is 0.511 e. The fourth-order valence-electron chi connectivity index (χ4n) is 2.48. The smallest absolute Gasteiger partial charge is 0.457 e. The van der Waals surface area contributed by atoms with Gasteiger partial charge in [-0.1, -0.05) is 18.2 Å². The van der Waals surface area contributed by atoms with E-state index in [1.807, 2.05) is 30.3 Å². The van der Waals surface area contributed by atoms with Crippen LogP contribution in [0.1, 0.15) is 0 Å². The molecule has 0 radical (unpaired) electrons. The molecule has 0 atom stereocenters. The van der Waals surface area contributed by atoms with Gasteiger partial charge in [0.05, 0.1) is 23.3 Å². The number of benzene rings is 2. The first-order valence-corrected chi connectivity index (χ1v) is 7.81. The number of carbonyl (C=O) groups is 1. The molecule has 0 unspecified atom stereocenters.